The molecule has 2 fully saturated rings. The lowest BCUT2D eigenvalue weighted by atomic mass is 9.71. The number of nitrogens with zero attached hydrogens (tertiary/aromatic N) is 2. The first-order valence-corrected chi connectivity index (χ1v) is 11.8. The average Bonchev–Trinajstić information content (AvgIpc) is 3.42. The predicted molar refractivity (Wildman–Crippen MR) is 112 cm³/mol. The summed E-state index contributed by atoms with van der Waals surface area (Å²) in [6, 6.07) is 3.59. The van der Waals surface area contributed by atoms with Crippen molar-refractivity contribution in [1.82, 2.24) is 9.80 Å². The zero-order valence-corrected chi connectivity index (χ0v) is 18.1. The lowest BCUT2D eigenvalue weighted by Gasteiger charge is -2.44. The molecule has 0 spiro atoms. The van der Waals surface area contributed by atoms with E-state index in [1.54, 1.807) is 24.2 Å². The summed E-state index contributed by atoms with van der Waals surface area (Å²) in [6.07, 6.45) is 5.32. The van der Waals surface area contributed by atoms with Crippen LogP contribution in [0.4, 0.5) is 0 Å². The molecule has 3 aliphatic rings. The van der Waals surface area contributed by atoms with Crippen molar-refractivity contribution >= 4 is 29.5 Å². The summed E-state index contributed by atoms with van der Waals surface area (Å²) >= 11 is 1.84. The number of likely N-dealkylation sites (tertiary alicyclic amines) is 1. The van der Waals surface area contributed by atoms with Gasteiger partial charge in [-0.3, -0.25) is 14.4 Å². The average molecular weight is 433 g/mol. The molecule has 1 aliphatic carbocycles. The smallest absolute Gasteiger partial charge is 0.318 e. The summed E-state index contributed by atoms with van der Waals surface area (Å²) in [4.78, 5) is 42.9. The van der Waals surface area contributed by atoms with Crippen molar-refractivity contribution in [2.24, 2.45) is 11.3 Å². The zero-order valence-electron chi connectivity index (χ0n) is 17.3. The number of carbonyl (C=O) groups is 3. The topological polar surface area (TPSA) is 80.1 Å². The Kier molecular flexibility index (Phi) is 6.22. The molecule has 162 valence electrons. The zero-order chi connectivity index (χ0) is 21.1. The quantitative estimate of drug-likeness (QED) is 0.643. The maximum absolute atomic E-state index is 13.5. The first kappa shape index (κ1) is 21.0. The number of hydrogen-bond donors (Lipinski definition) is 0. The molecule has 2 aliphatic heterocycles. The largest absolute Gasteiger partial charge is 0.467 e. The van der Waals surface area contributed by atoms with Gasteiger partial charge in [-0.05, 0) is 38.3 Å². The highest BCUT2D eigenvalue weighted by molar-refractivity contribution is 7.99. The number of hydrogen-bond acceptors (Lipinski definition) is 6. The molecule has 0 aromatic carbocycles. The Morgan fingerprint density at radius 3 is 2.83 bits per heavy atom. The van der Waals surface area contributed by atoms with Gasteiger partial charge in [-0.1, -0.05) is 6.08 Å². The van der Waals surface area contributed by atoms with Crippen LogP contribution in [0.5, 0.6) is 0 Å². The molecule has 2 saturated heterocycles. The van der Waals surface area contributed by atoms with Crippen molar-refractivity contribution < 1.29 is 23.5 Å². The highest BCUT2D eigenvalue weighted by atomic mass is 32.2. The van der Waals surface area contributed by atoms with E-state index < -0.39 is 11.3 Å². The molecule has 2 atom stereocenters. The van der Waals surface area contributed by atoms with Crippen LogP contribution in [-0.4, -0.2) is 58.8 Å². The van der Waals surface area contributed by atoms with E-state index in [0.717, 1.165) is 11.5 Å². The van der Waals surface area contributed by atoms with Gasteiger partial charge in [-0.2, -0.15) is 11.8 Å². The molecule has 0 radical (unpaired) electrons. The van der Waals surface area contributed by atoms with Crippen LogP contribution in [0.25, 0.3) is 0 Å². The fraction of sp³-hybridized carbons (Fsp3) is 0.591. The number of fused-ring (bicyclic) bond motifs is 1. The third-order valence-corrected chi connectivity index (χ3v) is 7.19. The third-order valence-electron chi connectivity index (χ3n) is 6.25. The second-order valence-corrected chi connectivity index (χ2v) is 9.26. The van der Waals surface area contributed by atoms with Gasteiger partial charge in [0.05, 0.1) is 19.4 Å². The fourth-order valence-corrected chi connectivity index (χ4v) is 5.70. The van der Waals surface area contributed by atoms with Crippen LogP contribution in [0.3, 0.4) is 0 Å². The number of carbonyl (C=O) groups excluding carboxylic acids is 3. The van der Waals surface area contributed by atoms with Crippen LogP contribution in [-0.2, 0) is 25.7 Å². The van der Waals surface area contributed by atoms with E-state index >= 15 is 0 Å². The molecule has 30 heavy (non-hydrogen) atoms. The Hall–Kier alpha value is -2.22. The molecule has 0 saturated carbocycles. The van der Waals surface area contributed by atoms with Gasteiger partial charge >= 0.3 is 5.97 Å². The molecule has 4 rings (SSSR count). The van der Waals surface area contributed by atoms with Crippen molar-refractivity contribution in [3.63, 3.8) is 0 Å². The van der Waals surface area contributed by atoms with E-state index in [2.05, 4.69) is 0 Å². The monoisotopic (exact) mass is 432 g/mol. The third kappa shape index (κ3) is 3.89. The van der Waals surface area contributed by atoms with Crippen molar-refractivity contribution in [2.75, 3.05) is 31.2 Å². The first-order chi connectivity index (χ1) is 14.5. The van der Waals surface area contributed by atoms with Crippen LogP contribution in [0, 0.1) is 11.3 Å². The molecule has 8 heteroatoms. The van der Waals surface area contributed by atoms with E-state index in [4.69, 9.17) is 9.15 Å². The molecule has 1 aromatic rings. The van der Waals surface area contributed by atoms with E-state index in [-0.39, 0.29) is 37.4 Å². The van der Waals surface area contributed by atoms with E-state index in [9.17, 15) is 14.4 Å². The van der Waals surface area contributed by atoms with Gasteiger partial charge < -0.3 is 19.0 Å². The number of ether oxygens (including phenoxy) is 1. The number of furan rings is 1. The minimum Gasteiger partial charge on any atom is -0.467 e. The Morgan fingerprint density at radius 1 is 1.33 bits per heavy atom. The minimum absolute atomic E-state index is 0.00367. The fourth-order valence-electron chi connectivity index (χ4n) is 4.79. The second-order valence-electron chi connectivity index (χ2n) is 8.03. The van der Waals surface area contributed by atoms with Gasteiger partial charge in [0.1, 0.15) is 11.2 Å². The van der Waals surface area contributed by atoms with Crippen molar-refractivity contribution in [3.05, 3.63) is 35.9 Å². The van der Waals surface area contributed by atoms with Crippen molar-refractivity contribution in [2.45, 2.75) is 39.2 Å². The van der Waals surface area contributed by atoms with Crippen molar-refractivity contribution in [1.29, 1.82) is 0 Å². The highest BCUT2D eigenvalue weighted by Crippen LogP contribution is 2.51. The Labute approximate surface area is 180 Å². The van der Waals surface area contributed by atoms with E-state index in [1.807, 2.05) is 28.8 Å². The van der Waals surface area contributed by atoms with Crippen LogP contribution in [0.2, 0.25) is 0 Å². The van der Waals surface area contributed by atoms with Crippen LogP contribution < -0.4 is 0 Å². The molecule has 0 unspecified atom stereocenters. The molecule has 0 N–H and O–H groups in total. The normalized spacial score (nSPS) is 26.4. The van der Waals surface area contributed by atoms with E-state index in [0.29, 0.717) is 43.8 Å². The first-order valence-electron chi connectivity index (χ1n) is 10.6. The van der Waals surface area contributed by atoms with Gasteiger partial charge in [-0.25, -0.2) is 0 Å². The van der Waals surface area contributed by atoms with Gasteiger partial charge in [-0.15, -0.1) is 0 Å². The summed E-state index contributed by atoms with van der Waals surface area (Å²) in [5.74, 6) is 1.55. The number of rotatable bonds is 6. The maximum atomic E-state index is 13.5. The lowest BCUT2D eigenvalue weighted by molar-refractivity contribution is -0.161. The standard InChI is InChI=1S/C22H28N2O5S/c1-2-28-21(27)22-7-3-6-18(22)24(15-17-5-4-10-29-17)20(26)16(14-22)13-19(25)23-8-11-30-12-9-23/h4-6,10,16H,2-3,7-9,11-15H2,1H3/t16-,22+/m1/s1. The molecular formula is C22H28N2O5S. The van der Waals surface area contributed by atoms with Gasteiger partial charge in [0.25, 0.3) is 0 Å². The molecule has 7 nitrogen and oxygen atoms in total. The maximum Gasteiger partial charge on any atom is 0.318 e. The highest BCUT2D eigenvalue weighted by Gasteiger charge is 2.55. The van der Waals surface area contributed by atoms with Gasteiger partial charge in [0.15, 0.2) is 0 Å². The van der Waals surface area contributed by atoms with Gasteiger partial charge in [0, 0.05) is 42.6 Å². The Morgan fingerprint density at radius 2 is 2.13 bits per heavy atom. The number of thioether (sulfide) groups is 1. The Balaban J connectivity index is 1.61. The number of piperidine rings is 1. The molecule has 2 amide bonds. The van der Waals surface area contributed by atoms with Gasteiger partial charge in [0.2, 0.25) is 11.8 Å². The summed E-state index contributed by atoms with van der Waals surface area (Å²) in [6.45, 7) is 3.76. The van der Waals surface area contributed by atoms with E-state index in [1.165, 1.54) is 0 Å². The number of esters is 1. The minimum atomic E-state index is -0.862. The van der Waals surface area contributed by atoms with Crippen LogP contribution >= 0.6 is 11.8 Å². The summed E-state index contributed by atoms with van der Waals surface area (Å²) in [5.41, 5.74) is -0.153. The van der Waals surface area contributed by atoms with Crippen LogP contribution in [0.1, 0.15) is 38.4 Å². The number of allylic oxidation sites excluding steroid dienone is 1. The summed E-state index contributed by atoms with van der Waals surface area (Å²) < 4.78 is 10.9. The van der Waals surface area contributed by atoms with Crippen LogP contribution in [0.15, 0.2) is 34.6 Å². The lowest BCUT2D eigenvalue weighted by Crippen LogP contribution is -2.52. The second kappa shape index (κ2) is 8.88. The predicted octanol–water partition coefficient (Wildman–Crippen LogP) is 2.82. The molecular weight excluding hydrogens is 404 g/mol. The number of amides is 2. The summed E-state index contributed by atoms with van der Waals surface area (Å²) in [7, 11) is 0. The molecule has 1 aromatic heterocycles. The Bertz CT molecular complexity index is 831. The SMILES string of the molecule is CCOC(=O)[C@]12CCC=C1N(Cc1ccco1)C(=O)[C@H](CC(=O)N1CCSCC1)C2. The molecule has 3 heterocycles. The summed E-state index contributed by atoms with van der Waals surface area (Å²) in [5, 5.41) is 0. The van der Waals surface area contributed by atoms with Crippen molar-refractivity contribution in [3.8, 4) is 0 Å². The molecule has 0 bridgehead atoms.